The third-order valence-electron chi connectivity index (χ3n) is 18.4. The van der Waals surface area contributed by atoms with E-state index >= 15 is 0 Å². The van der Waals surface area contributed by atoms with Crippen LogP contribution >= 0.6 is 15.6 Å². The van der Waals surface area contributed by atoms with Crippen LogP contribution < -0.4 is 0 Å². The van der Waals surface area contributed by atoms with E-state index in [2.05, 4.69) is 191 Å². The summed E-state index contributed by atoms with van der Waals surface area (Å²) in [5.74, 6) is -1.60. The van der Waals surface area contributed by atoms with E-state index in [4.69, 9.17) is 32.3 Å². The monoisotopic (exact) mass is 1620 g/mol. The third-order valence-corrected chi connectivity index (χ3v) is 20.3. The molecule has 0 bridgehead atoms. The fourth-order valence-electron chi connectivity index (χ4n) is 11.7. The second-order valence-corrected chi connectivity index (χ2v) is 32.2. The molecule has 0 aliphatic carbocycles. The van der Waals surface area contributed by atoms with Crippen LogP contribution in [-0.2, 0) is 55.8 Å². The van der Waals surface area contributed by atoms with E-state index in [9.17, 15) is 43.5 Å². The Bertz CT molecular complexity index is 2730. The van der Waals surface area contributed by atoms with Crippen molar-refractivity contribution in [3.8, 4) is 0 Å². The number of ether oxygens (including phenoxy) is 3. The standard InChI is InChI=1S/C95H160O16P2/c1-4-7-10-13-16-19-22-25-28-31-34-37-40-41-42-43-44-45-46-47-50-52-54-57-60-63-66-69-72-75-78-81-93(98)105-84-90(96)85-107-112(101,102)108-86-91(97)87-109-113(103,104)110-89-92(111-95(100)83-80-77-74-71-68-65-62-59-56-53-49-39-36-33-30-27-24-21-18-15-12-9-6-3)88-106-94(99)82-79-76-73-70-67-64-61-58-55-51-48-38-35-32-29-26-23-20-17-14-11-8-5-2/h8-9,11-12,16-21,25-30,34-39,41-42,51,53,55-56,90-92,96-97H,4-7,10,13-15,22-24,31-33,40,43-50,52,54,57-89H2,1-3H3,(H,101,102)(H,103,104)/b11-8-,12-9-,19-16-,20-17-,21-18-,28-25-,29-26-,30-27-,37-34-,38-35-,39-36-,42-41-,55-51-,56-53-. The van der Waals surface area contributed by atoms with Crippen LogP contribution in [0.25, 0.3) is 0 Å². The maximum absolute atomic E-state index is 13.1. The van der Waals surface area contributed by atoms with Gasteiger partial charge in [-0.2, -0.15) is 0 Å². The van der Waals surface area contributed by atoms with Gasteiger partial charge in [-0.15, -0.1) is 0 Å². The van der Waals surface area contributed by atoms with Crippen LogP contribution in [0.4, 0.5) is 0 Å². The Kier molecular flexibility index (Phi) is 82.4. The summed E-state index contributed by atoms with van der Waals surface area (Å²) in [5.41, 5.74) is 0. The van der Waals surface area contributed by atoms with Gasteiger partial charge in [0, 0.05) is 19.3 Å². The number of unbranched alkanes of at least 4 members (excludes halogenated alkanes) is 32. The minimum absolute atomic E-state index is 0.0830. The number of rotatable bonds is 83. The van der Waals surface area contributed by atoms with Gasteiger partial charge in [0.05, 0.1) is 26.4 Å². The Morgan fingerprint density at radius 3 is 0.743 bits per heavy atom. The Morgan fingerprint density at radius 2 is 0.469 bits per heavy atom. The molecule has 0 aromatic heterocycles. The highest BCUT2D eigenvalue weighted by Crippen LogP contribution is 2.45. The van der Waals surface area contributed by atoms with Crippen LogP contribution in [0.1, 0.15) is 355 Å². The molecule has 113 heavy (non-hydrogen) atoms. The van der Waals surface area contributed by atoms with Crippen molar-refractivity contribution in [2.24, 2.45) is 0 Å². The molecule has 4 N–H and O–H groups in total. The lowest BCUT2D eigenvalue weighted by molar-refractivity contribution is -0.161. The fourth-order valence-corrected chi connectivity index (χ4v) is 13.3. The van der Waals surface area contributed by atoms with Crippen molar-refractivity contribution in [1.29, 1.82) is 0 Å². The quantitative estimate of drug-likeness (QED) is 0.0146. The number of hydrogen-bond acceptors (Lipinski definition) is 14. The van der Waals surface area contributed by atoms with Gasteiger partial charge in [-0.25, -0.2) is 9.13 Å². The first-order valence-electron chi connectivity index (χ1n) is 44.4. The van der Waals surface area contributed by atoms with Crippen molar-refractivity contribution < 1.29 is 75.8 Å². The van der Waals surface area contributed by atoms with E-state index in [0.717, 1.165) is 193 Å². The smallest absolute Gasteiger partial charge is 0.463 e. The summed E-state index contributed by atoms with van der Waals surface area (Å²) in [4.78, 5) is 58.9. The van der Waals surface area contributed by atoms with Crippen LogP contribution in [0.5, 0.6) is 0 Å². The molecule has 0 saturated carbocycles. The third kappa shape index (κ3) is 87.6. The van der Waals surface area contributed by atoms with Crippen LogP contribution in [0.15, 0.2) is 170 Å². The fraction of sp³-hybridized carbons (Fsp3) is 0.674. The van der Waals surface area contributed by atoms with Gasteiger partial charge in [0.15, 0.2) is 6.10 Å². The van der Waals surface area contributed by atoms with Gasteiger partial charge < -0.3 is 34.2 Å². The zero-order valence-electron chi connectivity index (χ0n) is 71.0. The second kappa shape index (κ2) is 86.3. The molecule has 5 unspecified atom stereocenters. The lowest BCUT2D eigenvalue weighted by atomic mass is 10.0. The molecule has 0 spiro atoms. The lowest BCUT2D eigenvalue weighted by Crippen LogP contribution is -2.30. The zero-order chi connectivity index (χ0) is 82.2. The highest BCUT2D eigenvalue weighted by atomic mass is 31.2. The minimum Gasteiger partial charge on any atom is -0.463 e. The maximum Gasteiger partial charge on any atom is 0.472 e. The van der Waals surface area contributed by atoms with Gasteiger partial charge in [-0.05, 0) is 154 Å². The second-order valence-electron chi connectivity index (χ2n) is 29.3. The molecule has 0 saturated heterocycles. The molecule has 0 amide bonds. The van der Waals surface area contributed by atoms with Gasteiger partial charge in [-0.3, -0.25) is 32.5 Å². The molecule has 0 aliphatic heterocycles. The van der Waals surface area contributed by atoms with Crippen LogP contribution in [0, 0.1) is 0 Å². The average molecular weight is 1620 g/mol. The Hall–Kier alpha value is -5.09. The minimum atomic E-state index is -4.95. The Labute approximate surface area is 688 Å². The largest absolute Gasteiger partial charge is 0.472 e. The number of esters is 3. The number of allylic oxidation sites excluding steroid dienone is 28. The molecule has 16 nitrogen and oxygen atoms in total. The summed E-state index contributed by atoms with van der Waals surface area (Å²) >= 11 is 0. The van der Waals surface area contributed by atoms with E-state index in [1.165, 1.54) is 103 Å². The molecule has 0 rings (SSSR count). The highest BCUT2D eigenvalue weighted by Gasteiger charge is 2.29. The van der Waals surface area contributed by atoms with E-state index in [0.29, 0.717) is 19.3 Å². The van der Waals surface area contributed by atoms with E-state index in [1.54, 1.807) is 0 Å². The summed E-state index contributed by atoms with van der Waals surface area (Å²) in [7, 11) is -9.82. The summed E-state index contributed by atoms with van der Waals surface area (Å²) in [6, 6.07) is 0. The lowest BCUT2D eigenvalue weighted by Gasteiger charge is -2.21. The summed E-state index contributed by atoms with van der Waals surface area (Å²) in [5, 5.41) is 20.7. The number of phosphoric ester groups is 2. The normalized spacial score (nSPS) is 14.6. The molecule has 5 atom stereocenters. The van der Waals surface area contributed by atoms with Gasteiger partial charge in [0.25, 0.3) is 0 Å². The van der Waals surface area contributed by atoms with Gasteiger partial charge >= 0.3 is 33.6 Å². The first kappa shape index (κ1) is 108. The SMILES string of the molecule is CC/C=C\C/C=C\C/C=C\C/C=C\C/C=C\CCCCCCCCCC(=O)OCC(COP(=O)(O)OCC(O)COP(=O)(O)OCC(O)COC(=O)CCCCCCCCCCCCCCCCC/C=C\C/C=C\C/C=C\C/C=C\CCCCC)OC(=O)CCCCCCCCC/C=C\C/C=C\C/C=C\C/C=C\C/C=C\CC. The van der Waals surface area contributed by atoms with Crippen molar-refractivity contribution in [3.63, 3.8) is 0 Å². The van der Waals surface area contributed by atoms with Gasteiger partial charge in [0.1, 0.15) is 25.4 Å². The highest BCUT2D eigenvalue weighted by molar-refractivity contribution is 7.47. The molecule has 0 aromatic rings. The number of hydrogen-bond donors (Lipinski definition) is 4. The van der Waals surface area contributed by atoms with Crippen molar-refractivity contribution >= 4 is 33.6 Å². The zero-order valence-corrected chi connectivity index (χ0v) is 72.8. The van der Waals surface area contributed by atoms with Crippen molar-refractivity contribution in [2.45, 2.75) is 373 Å². The molecule has 0 fully saturated rings. The first-order chi connectivity index (χ1) is 55.2. The summed E-state index contributed by atoms with van der Waals surface area (Å²) < 4.78 is 61.4. The predicted molar refractivity (Wildman–Crippen MR) is 472 cm³/mol. The van der Waals surface area contributed by atoms with E-state index in [-0.39, 0.29) is 19.3 Å². The average Bonchev–Trinajstić information content (AvgIpc) is 0.902. The predicted octanol–water partition coefficient (Wildman–Crippen LogP) is 27.1. The number of phosphoric acid groups is 2. The van der Waals surface area contributed by atoms with Gasteiger partial charge in [-0.1, -0.05) is 351 Å². The molecule has 18 heteroatoms. The van der Waals surface area contributed by atoms with Crippen molar-refractivity contribution in [3.05, 3.63) is 170 Å². The Morgan fingerprint density at radius 1 is 0.257 bits per heavy atom. The van der Waals surface area contributed by atoms with Crippen LogP contribution in [0.2, 0.25) is 0 Å². The van der Waals surface area contributed by atoms with E-state index in [1.807, 2.05) is 0 Å². The molecule has 0 heterocycles. The topological polar surface area (TPSA) is 231 Å². The number of carbonyl (C=O) groups is 3. The van der Waals surface area contributed by atoms with Crippen molar-refractivity contribution in [1.82, 2.24) is 0 Å². The van der Waals surface area contributed by atoms with Crippen LogP contribution in [0.3, 0.4) is 0 Å². The number of aliphatic hydroxyl groups is 2. The van der Waals surface area contributed by atoms with Crippen molar-refractivity contribution in [2.75, 3.05) is 39.6 Å². The maximum atomic E-state index is 13.1. The number of carbonyl (C=O) groups excluding carboxylic acids is 3. The summed E-state index contributed by atoms with van der Waals surface area (Å²) in [6.45, 7) is 2.43. The van der Waals surface area contributed by atoms with Crippen LogP contribution in [-0.4, -0.2) is 95.9 Å². The first-order valence-corrected chi connectivity index (χ1v) is 47.4. The molecular weight excluding hydrogens is 1460 g/mol. The molecule has 646 valence electrons. The molecule has 0 aliphatic rings. The summed E-state index contributed by atoms with van der Waals surface area (Å²) in [6.07, 6.45) is 111. The molecule has 0 aromatic carbocycles. The molecule has 0 radical (unpaired) electrons. The number of aliphatic hydroxyl groups excluding tert-OH is 2. The Balaban J connectivity index is 4.62. The van der Waals surface area contributed by atoms with Gasteiger partial charge in [0.2, 0.25) is 0 Å². The molecular formula is C95H160O16P2. The van der Waals surface area contributed by atoms with E-state index < -0.39 is 91.5 Å².